The van der Waals surface area contributed by atoms with E-state index < -0.39 is 0 Å². The van der Waals surface area contributed by atoms with Crippen LogP contribution in [0.1, 0.15) is 25.0 Å². The zero-order valence-corrected chi connectivity index (χ0v) is 22.9. The Bertz CT molecular complexity index is 1770. The van der Waals surface area contributed by atoms with Crippen molar-refractivity contribution in [2.75, 3.05) is 5.32 Å². The van der Waals surface area contributed by atoms with E-state index in [1.165, 1.54) is 55.6 Å². The van der Waals surface area contributed by atoms with E-state index in [2.05, 4.69) is 165 Å². The molecule has 0 aliphatic heterocycles. The minimum atomic E-state index is -0.0104. The summed E-state index contributed by atoms with van der Waals surface area (Å²) >= 11 is 0. The molecule has 0 saturated carbocycles. The first-order chi connectivity index (χ1) is 19.6. The highest BCUT2D eigenvalue weighted by Crippen LogP contribution is 2.49. The van der Waals surface area contributed by atoms with Crippen LogP contribution in [0.4, 0.5) is 11.4 Å². The summed E-state index contributed by atoms with van der Waals surface area (Å²) in [5.41, 5.74) is 14.9. The van der Waals surface area contributed by atoms with Crippen LogP contribution in [-0.2, 0) is 5.41 Å². The van der Waals surface area contributed by atoms with Crippen LogP contribution in [0.2, 0.25) is 0 Å². The van der Waals surface area contributed by atoms with E-state index in [-0.39, 0.29) is 5.41 Å². The van der Waals surface area contributed by atoms with Crippen molar-refractivity contribution >= 4 is 11.4 Å². The van der Waals surface area contributed by atoms with Crippen molar-refractivity contribution in [1.29, 1.82) is 0 Å². The van der Waals surface area contributed by atoms with E-state index in [9.17, 15) is 0 Å². The van der Waals surface area contributed by atoms with Gasteiger partial charge in [0.25, 0.3) is 0 Å². The van der Waals surface area contributed by atoms with Crippen LogP contribution in [0.15, 0.2) is 146 Å². The minimum Gasteiger partial charge on any atom is -0.355 e. The summed E-state index contributed by atoms with van der Waals surface area (Å²) in [5.74, 6) is 0. The number of anilines is 2. The Morgan fingerprint density at radius 1 is 0.375 bits per heavy atom. The molecule has 192 valence electrons. The van der Waals surface area contributed by atoms with Crippen molar-refractivity contribution in [3.63, 3.8) is 0 Å². The molecule has 0 radical (unpaired) electrons. The predicted octanol–water partition coefficient (Wildman–Crippen LogP) is 10.7. The molecule has 1 aliphatic carbocycles. The van der Waals surface area contributed by atoms with Gasteiger partial charge in [-0.2, -0.15) is 0 Å². The number of hydrogen-bond acceptors (Lipinski definition) is 1. The third-order valence-electron chi connectivity index (χ3n) is 8.22. The van der Waals surface area contributed by atoms with Crippen LogP contribution in [0, 0.1) is 0 Å². The lowest BCUT2D eigenvalue weighted by atomic mass is 9.81. The Morgan fingerprint density at radius 3 is 1.62 bits per heavy atom. The van der Waals surface area contributed by atoms with Crippen LogP contribution < -0.4 is 5.32 Å². The molecular formula is C39H31N. The second-order valence-corrected chi connectivity index (χ2v) is 11.2. The standard InChI is InChI=1S/C39H31N/c1-39(2)37-19-10-9-18-35(37)36-21-20-30(26-38(36)39)29-16-11-17-33(23-29)40-34-24-31(27-12-5-3-6-13-27)22-32(25-34)28-14-7-4-8-15-28/h3-26,40H,1-2H3. The molecule has 1 nitrogen and oxygen atoms in total. The molecule has 6 aromatic rings. The highest BCUT2D eigenvalue weighted by molar-refractivity contribution is 5.85. The average Bonchev–Trinajstić information content (AvgIpc) is 3.24. The van der Waals surface area contributed by atoms with E-state index in [1.54, 1.807) is 0 Å². The second-order valence-electron chi connectivity index (χ2n) is 11.2. The Labute approximate surface area is 236 Å². The molecular weight excluding hydrogens is 482 g/mol. The summed E-state index contributed by atoms with van der Waals surface area (Å²) in [4.78, 5) is 0. The van der Waals surface area contributed by atoms with Gasteiger partial charge in [-0.15, -0.1) is 0 Å². The molecule has 6 aromatic carbocycles. The zero-order valence-electron chi connectivity index (χ0n) is 22.9. The van der Waals surface area contributed by atoms with Gasteiger partial charge in [-0.05, 0) is 92.0 Å². The lowest BCUT2D eigenvalue weighted by molar-refractivity contribution is 0.660. The summed E-state index contributed by atoms with van der Waals surface area (Å²) in [6, 6.07) is 52.5. The zero-order chi connectivity index (χ0) is 27.1. The molecule has 1 N–H and O–H groups in total. The molecule has 0 saturated heterocycles. The topological polar surface area (TPSA) is 12.0 Å². The number of benzene rings is 6. The fourth-order valence-electron chi connectivity index (χ4n) is 6.12. The molecule has 0 atom stereocenters. The molecule has 0 amide bonds. The maximum absolute atomic E-state index is 3.72. The maximum Gasteiger partial charge on any atom is 0.0396 e. The molecule has 0 unspecified atom stereocenters. The average molecular weight is 514 g/mol. The first-order valence-corrected chi connectivity index (χ1v) is 13.9. The van der Waals surface area contributed by atoms with E-state index in [0.29, 0.717) is 0 Å². The van der Waals surface area contributed by atoms with Crippen molar-refractivity contribution < 1.29 is 0 Å². The molecule has 1 heteroatoms. The minimum absolute atomic E-state index is 0.0104. The Hall–Kier alpha value is -4.88. The molecule has 7 rings (SSSR count). The van der Waals surface area contributed by atoms with Crippen LogP contribution >= 0.6 is 0 Å². The molecule has 0 fully saturated rings. The van der Waals surface area contributed by atoms with Crippen molar-refractivity contribution in [3.05, 3.63) is 157 Å². The smallest absolute Gasteiger partial charge is 0.0396 e. The number of nitrogens with one attached hydrogen (secondary N) is 1. The van der Waals surface area contributed by atoms with Crippen LogP contribution in [0.25, 0.3) is 44.5 Å². The molecule has 0 aromatic heterocycles. The largest absolute Gasteiger partial charge is 0.355 e. The molecule has 40 heavy (non-hydrogen) atoms. The van der Waals surface area contributed by atoms with Gasteiger partial charge in [-0.3, -0.25) is 0 Å². The molecule has 0 bridgehead atoms. The van der Waals surface area contributed by atoms with Gasteiger partial charge in [0, 0.05) is 16.8 Å². The van der Waals surface area contributed by atoms with Crippen molar-refractivity contribution in [2.45, 2.75) is 19.3 Å². The third-order valence-corrected chi connectivity index (χ3v) is 8.22. The predicted molar refractivity (Wildman–Crippen MR) is 170 cm³/mol. The monoisotopic (exact) mass is 513 g/mol. The van der Waals surface area contributed by atoms with Gasteiger partial charge >= 0.3 is 0 Å². The van der Waals surface area contributed by atoms with E-state index >= 15 is 0 Å². The summed E-state index contributed by atoms with van der Waals surface area (Å²) in [6.45, 7) is 4.67. The fourth-order valence-corrected chi connectivity index (χ4v) is 6.12. The van der Waals surface area contributed by atoms with Gasteiger partial charge in [-0.1, -0.05) is 123 Å². The lowest BCUT2D eigenvalue weighted by Crippen LogP contribution is -2.14. The Kier molecular flexibility index (Phi) is 5.86. The lowest BCUT2D eigenvalue weighted by Gasteiger charge is -2.22. The first-order valence-electron chi connectivity index (χ1n) is 13.9. The highest BCUT2D eigenvalue weighted by atomic mass is 14.9. The van der Waals surface area contributed by atoms with E-state index in [0.717, 1.165) is 11.4 Å². The van der Waals surface area contributed by atoms with Crippen LogP contribution in [-0.4, -0.2) is 0 Å². The van der Waals surface area contributed by atoms with Gasteiger partial charge in [-0.25, -0.2) is 0 Å². The summed E-state index contributed by atoms with van der Waals surface area (Å²) in [7, 11) is 0. The van der Waals surface area contributed by atoms with E-state index in [1.807, 2.05) is 0 Å². The summed E-state index contributed by atoms with van der Waals surface area (Å²) in [6.07, 6.45) is 0. The van der Waals surface area contributed by atoms with Gasteiger partial charge in [0.1, 0.15) is 0 Å². The van der Waals surface area contributed by atoms with Gasteiger partial charge in [0.2, 0.25) is 0 Å². The number of rotatable bonds is 5. The Morgan fingerprint density at radius 2 is 0.925 bits per heavy atom. The van der Waals surface area contributed by atoms with Crippen molar-refractivity contribution in [2.24, 2.45) is 0 Å². The molecule has 1 aliphatic rings. The molecule has 0 spiro atoms. The number of fused-ring (bicyclic) bond motifs is 3. The highest BCUT2D eigenvalue weighted by Gasteiger charge is 2.35. The van der Waals surface area contributed by atoms with E-state index in [4.69, 9.17) is 0 Å². The van der Waals surface area contributed by atoms with Crippen LogP contribution in [0.5, 0.6) is 0 Å². The van der Waals surface area contributed by atoms with Gasteiger partial charge in [0.05, 0.1) is 0 Å². The Balaban J connectivity index is 1.25. The second kappa shape index (κ2) is 9.70. The molecule has 0 heterocycles. The third kappa shape index (κ3) is 4.30. The van der Waals surface area contributed by atoms with Crippen LogP contribution in [0.3, 0.4) is 0 Å². The maximum atomic E-state index is 3.72. The van der Waals surface area contributed by atoms with Gasteiger partial charge in [0.15, 0.2) is 0 Å². The number of hydrogen-bond donors (Lipinski definition) is 1. The van der Waals surface area contributed by atoms with Gasteiger partial charge < -0.3 is 5.32 Å². The summed E-state index contributed by atoms with van der Waals surface area (Å²) in [5, 5.41) is 3.72. The quantitative estimate of drug-likeness (QED) is 0.242. The van der Waals surface area contributed by atoms with Crippen molar-refractivity contribution in [1.82, 2.24) is 0 Å². The fraction of sp³-hybridized carbons (Fsp3) is 0.0769. The normalized spacial score (nSPS) is 12.9. The SMILES string of the molecule is CC1(C)c2ccccc2-c2ccc(-c3cccc(Nc4cc(-c5ccccc5)cc(-c5ccccc5)c4)c3)cc21. The van der Waals surface area contributed by atoms with Crippen molar-refractivity contribution in [3.8, 4) is 44.5 Å². The summed E-state index contributed by atoms with van der Waals surface area (Å²) < 4.78 is 0. The first kappa shape index (κ1) is 24.2.